The first kappa shape index (κ1) is 17.4. The molecule has 4 heteroatoms. The lowest BCUT2D eigenvalue weighted by Crippen LogP contribution is -2.46. The second kappa shape index (κ2) is 8.63. The molecule has 2 aliphatic rings. The van der Waals surface area contributed by atoms with E-state index < -0.39 is 0 Å². The van der Waals surface area contributed by atoms with Gasteiger partial charge in [-0.25, -0.2) is 0 Å². The molecule has 0 aromatic heterocycles. The summed E-state index contributed by atoms with van der Waals surface area (Å²) in [5.41, 5.74) is 2.82. The third-order valence-electron chi connectivity index (χ3n) is 5.34. The van der Waals surface area contributed by atoms with Crippen molar-refractivity contribution in [3.8, 4) is 0 Å². The summed E-state index contributed by atoms with van der Waals surface area (Å²) in [6, 6.07) is 8.63. The minimum Gasteiger partial charge on any atom is -0.380 e. The van der Waals surface area contributed by atoms with E-state index in [1.54, 1.807) is 0 Å². The van der Waals surface area contributed by atoms with Crippen LogP contribution in [0.2, 0.25) is 0 Å². The van der Waals surface area contributed by atoms with Gasteiger partial charge in [0.15, 0.2) is 0 Å². The number of ether oxygens (including phenoxy) is 1. The van der Waals surface area contributed by atoms with Crippen LogP contribution in [0.1, 0.15) is 30.9 Å². The fraction of sp³-hybridized carbons (Fsp3) is 0.650. The molecule has 1 saturated heterocycles. The Labute approximate surface area is 145 Å². The van der Waals surface area contributed by atoms with Crippen molar-refractivity contribution >= 4 is 5.91 Å². The molecule has 0 saturated carbocycles. The number of amides is 1. The number of hydrogen-bond donors (Lipinski definition) is 0. The van der Waals surface area contributed by atoms with Crippen LogP contribution in [0.3, 0.4) is 0 Å². The van der Waals surface area contributed by atoms with Gasteiger partial charge in [-0.2, -0.15) is 0 Å². The molecule has 0 radical (unpaired) electrons. The number of carbonyl (C=O) groups is 1. The summed E-state index contributed by atoms with van der Waals surface area (Å²) in [5, 5.41) is 0. The lowest BCUT2D eigenvalue weighted by molar-refractivity contribution is -0.137. The number of rotatable bonds is 5. The van der Waals surface area contributed by atoms with Crippen LogP contribution in [0.25, 0.3) is 0 Å². The predicted octanol–water partition coefficient (Wildman–Crippen LogP) is 2.36. The second-order valence-corrected chi connectivity index (χ2v) is 6.93. The molecule has 0 spiro atoms. The Kier molecular flexibility index (Phi) is 6.27. The quantitative estimate of drug-likeness (QED) is 0.777. The Bertz CT molecular complexity index is 519. The Hall–Kier alpha value is -1.39. The molecule has 0 aliphatic carbocycles. The number of nitrogens with zero attached hydrogens (tertiary/aromatic N) is 2. The molecule has 24 heavy (non-hydrogen) atoms. The van der Waals surface area contributed by atoms with Crippen LogP contribution in [0.5, 0.6) is 0 Å². The smallest absolute Gasteiger partial charge is 0.226 e. The molecule has 0 bridgehead atoms. The standard InChI is InChI=1S/C20H30N2O2/c1-2-24-15-14-21-11-5-8-19(16-21)20(23)22-12-9-17-6-3-4-7-18(17)10-13-22/h3-4,6-7,19H,2,5,8-16H2,1H3. The van der Waals surface area contributed by atoms with Gasteiger partial charge in [-0.05, 0) is 50.3 Å². The first-order valence-electron chi connectivity index (χ1n) is 9.43. The molecular weight excluding hydrogens is 300 g/mol. The van der Waals surface area contributed by atoms with Crippen LogP contribution in [0.15, 0.2) is 24.3 Å². The average molecular weight is 330 g/mol. The summed E-state index contributed by atoms with van der Waals surface area (Å²) >= 11 is 0. The minimum atomic E-state index is 0.168. The third kappa shape index (κ3) is 4.37. The van der Waals surface area contributed by atoms with Crippen molar-refractivity contribution in [2.24, 2.45) is 5.92 Å². The third-order valence-corrected chi connectivity index (χ3v) is 5.34. The summed E-state index contributed by atoms with van der Waals surface area (Å²) in [4.78, 5) is 17.5. The van der Waals surface area contributed by atoms with Gasteiger partial charge in [0.2, 0.25) is 5.91 Å². The molecule has 4 nitrogen and oxygen atoms in total. The highest BCUT2D eigenvalue weighted by atomic mass is 16.5. The van der Waals surface area contributed by atoms with E-state index >= 15 is 0 Å². The zero-order valence-corrected chi connectivity index (χ0v) is 14.9. The lowest BCUT2D eigenvalue weighted by atomic mass is 9.96. The molecule has 3 rings (SSSR count). The monoisotopic (exact) mass is 330 g/mol. The Morgan fingerprint density at radius 3 is 2.54 bits per heavy atom. The highest BCUT2D eigenvalue weighted by Crippen LogP contribution is 2.21. The first-order valence-corrected chi connectivity index (χ1v) is 9.43. The maximum atomic E-state index is 13.0. The number of piperidine rings is 1. The zero-order valence-electron chi connectivity index (χ0n) is 14.9. The minimum absolute atomic E-state index is 0.168. The molecule has 1 fully saturated rings. The molecule has 132 valence electrons. The Morgan fingerprint density at radius 1 is 1.17 bits per heavy atom. The normalized spacial score (nSPS) is 22.0. The fourth-order valence-electron chi connectivity index (χ4n) is 3.94. The number of carbonyl (C=O) groups excluding carboxylic acids is 1. The van der Waals surface area contributed by atoms with Gasteiger partial charge in [-0.1, -0.05) is 24.3 Å². The van der Waals surface area contributed by atoms with Crippen LogP contribution in [-0.2, 0) is 22.4 Å². The van der Waals surface area contributed by atoms with Gasteiger partial charge < -0.3 is 14.5 Å². The van der Waals surface area contributed by atoms with Gasteiger partial charge >= 0.3 is 0 Å². The van der Waals surface area contributed by atoms with Crippen LogP contribution in [0, 0.1) is 5.92 Å². The summed E-state index contributed by atoms with van der Waals surface area (Å²) < 4.78 is 5.46. The van der Waals surface area contributed by atoms with E-state index in [4.69, 9.17) is 4.74 Å². The molecule has 1 aromatic carbocycles. The Balaban J connectivity index is 1.54. The number of hydrogen-bond acceptors (Lipinski definition) is 3. The van der Waals surface area contributed by atoms with Gasteiger partial charge in [-0.3, -0.25) is 4.79 Å². The van der Waals surface area contributed by atoms with E-state index in [-0.39, 0.29) is 5.92 Å². The van der Waals surface area contributed by atoms with Crippen molar-refractivity contribution in [2.75, 3.05) is 45.9 Å². The highest BCUT2D eigenvalue weighted by Gasteiger charge is 2.29. The molecule has 1 amide bonds. The van der Waals surface area contributed by atoms with Gasteiger partial charge in [-0.15, -0.1) is 0 Å². The van der Waals surface area contributed by atoms with Crippen LogP contribution in [-0.4, -0.2) is 61.6 Å². The average Bonchev–Trinajstić information content (AvgIpc) is 2.84. The number of fused-ring (bicyclic) bond motifs is 1. The summed E-state index contributed by atoms with van der Waals surface area (Å²) in [5.74, 6) is 0.533. The maximum absolute atomic E-state index is 13.0. The summed E-state index contributed by atoms with van der Waals surface area (Å²) in [6.07, 6.45) is 4.13. The van der Waals surface area contributed by atoms with Gasteiger partial charge in [0.05, 0.1) is 12.5 Å². The van der Waals surface area contributed by atoms with Crippen molar-refractivity contribution in [3.63, 3.8) is 0 Å². The highest BCUT2D eigenvalue weighted by molar-refractivity contribution is 5.79. The fourth-order valence-corrected chi connectivity index (χ4v) is 3.94. The van der Waals surface area contributed by atoms with E-state index in [1.165, 1.54) is 11.1 Å². The van der Waals surface area contributed by atoms with Crippen molar-refractivity contribution in [1.29, 1.82) is 0 Å². The predicted molar refractivity (Wildman–Crippen MR) is 96.1 cm³/mol. The molecule has 2 heterocycles. The van der Waals surface area contributed by atoms with E-state index in [1.807, 2.05) is 6.92 Å². The topological polar surface area (TPSA) is 32.8 Å². The SMILES string of the molecule is CCOCCN1CCCC(C(=O)N2CCc3ccccc3CC2)C1. The van der Waals surface area contributed by atoms with E-state index in [0.717, 1.165) is 71.6 Å². The zero-order chi connectivity index (χ0) is 16.8. The molecule has 1 atom stereocenters. The number of likely N-dealkylation sites (tertiary alicyclic amines) is 1. The van der Waals surface area contributed by atoms with Crippen molar-refractivity contribution in [3.05, 3.63) is 35.4 Å². The van der Waals surface area contributed by atoms with Crippen molar-refractivity contribution in [2.45, 2.75) is 32.6 Å². The number of benzene rings is 1. The summed E-state index contributed by atoms with van der Waals surface area (Å²) in [7, 11) is 0. The van der Waals surface area contributed by atoms with E-state index in [0.29, 0.717) is 5.91 Å². The van der Waals surface area contributed by atoms with E-state index in [2.05, 4.69) is 34.1 Å². The second-order valence-electron chi connectivity index (χ2n) is 6.93. The molecular formula is C20H30N2O2. The van der Waals surface area contributed by atoms with Crippen molar-refractivity contribution in [1.82, 2.24) is 9.80 Å². The maximum Gasteiger partial charge on any atom is 0.226 e. The lowest BCUT2D eigenvalue weighted by Gasteiger charge is -2.34. The van der Waals surface area contributed by atoms with E-state index in [9.17, 15) is 4.79 Å². The van der Waals surface area contributed by atoms with Crippen LogP contribution < -0.4 is 0 Å². The Morgan fingerprint density at radius 2 is 1.88 bits per heavy atom. The van der Waals surface area contributed by atoms with Crippen LogP contribution in [0.4, 0.5) is 0 Å². The molecule has 2 aliphatic heterocycles. The van der Waals surface area contributed by atoms with Gasteiger partial charge in [0.1, 0.15) is 0 Å². The molecule has 1 unspecified atom stereocenters. The first-order chi connectivity index (χ1) is 11.8. The summed E-state index contributed by atoms with van der Waals surface area (Å²) in [6.45, 7) is 8.25. The molecule has 1 aromatic rings. The van der Waals surface area contributed by atoms with Crippen molar-refractivity contribution < 1.29 is 9.53 Å². The van der Waals surface area contributed by atoms with Crippen LogP contribution >= 0.6 is 0 Å². The molecule has 0 N–H and O–H groups in total. The van der Waals surface area contributed by atoms with Gasteiger partial charge in [0, 0.05) is 32.8 Å². The largest absolute Gasteiger partial charge is 0.380 e. The van der Waals surface area contributed by atoms with Gasteiger partial charge in [0.25, 0.3) is 0 Å².